The molecule has 424 valence electrons. The molecule has 4 aromatic carbocycles. The van der Waals surface area contributed by atoms with Crippen LogP contribution in [-0.4, -0.2) is 87.5 Å². The van der Waals surface area contributed by atoms with E-state index in [0.717, 1.165) is 123 Å². The lowest BCUT2D eigenvalue weighted by molar-refractivity contribution is -0.300. The quantitative estimate of drug-likeness (QED) is 0.0147. The van der Waals surface area contributed by atoms with Crippen LogP contribution in [0.4, 0.5) is 0 Å². The summed E-state index contributed by atoms with van der Waals surface area (Å²) in [6.45, 7) is 29.9. The minimum Gasteiger partial charge on any atom is -0.494 e. The van der Waals surface area contributed by atoms with Gasteiger partial charge in [0.1, 0.15) is 17.4 Å². The van der Waals surface area contributed by atoms with Crippen molar-refractivity contribution in [3.05, 3.63) is 173 Å². The van der Waals surface area contributed by atoms with Crippen molar-refractivity contribution in [2.75, 3.05) is 40.5 Å². The summed E-state index contributed by atoms with van der Waals surface area (Å²) >= 11 is 0. The van der Waals surface area contributed by atoms with Crippen LogP contribution in [-0.2, 0) is 22.6 Å². The van der Waals surface area contributed by atoms with Gasteiger partial charge in [0, 0.05) is 44.6 Å². The van der Waals surface area contributed by atoms with Crippen LogP contribution in [0.25, 0.3) is 34.2 Å². The summed E-state index contributed by atoms with van der Waals surface area (Å²) in [6, 6.07) is 33.7. The van der Waals surface area contributed by atoms with Gasteiger partial charge in [0.25, 0.3) is 0 Å². The van der Waals surface area contributed by atoms with E-state index in [1.54, 1.807) is 14.2 Å². The lowest BCUT2D eigenvalue weighted by atomic mass is 9.79. The Balaban J connectivity index is 0.00000294. The first-order valence-corrected chi connectivity index (χ1v) is 29.1. The lowest BCUT2D eigenvalue weighted by Crippen LogP contribution is -2.42. The average Bonchev–Trinajstić information content (AvgIpc) is 4.31. The highest BCUT2D eigenvalue weighted by atomic mass is 17.2. The average molecular weight is 1070 g/mol. The Kier molecular flexibility index (Phi) is 22.8. The van der Waals surface area contributed by atoms with E-state index in [4.69, 9.17) is 14.7 Å². The van der Waals surface area contributed by atoms with Gasteiger partial charge >= 0.3 is 0 Å². The van der Waals surface area contributed by atoms with Crippen LogP contribution >= 0.6 is 0 Å². The standard InChI is InChI=1S/C65H86N8O3.C2H6O/c1-11-45(7)57(50-24-18-25-55(38-50)75-34-17-16-23-49-21-14-13-15-22-49)39-54-37-52(59-40-67-64(69-59)61-26-19-32-72(61)42-60(43(3)4)66-12-2)30-31-56(54)47(9)35-53-36-51(29-28-46(53)8)58-41-68-65(70-58)62-27-20-33-73(62)48(10)63(44(5)6)71-76-74;1-3-2/h12-15,18,21-22,24-25,28-31,35-38,40-41,43-45,57,60-63,66,71,74H,2,10-11,16-17,19-20,23,26-27,32-34,39,42H2,1,3-9H3,(H,67,69)(H,68,70);1-2H3/b47-35+;. The molecule has 6 unspecified atom stereocenters. The zero-order valence-corrected chi connectivity index (χ0v) is 49.2. The summed E-state index contributed by atoms with van der Waals surface area (Å²) in [5.74, 6) is 4.24. The molecule has 2 aromatic heterocycles. The van der Waals surface area contributed by atoms with Gasteiger partial charge in [-0.1, -0.05) is 134 Å². The van der Waals surface area contributed by atoms with Crippen molar-refractivity contribution in [1.29, 1.82) is 0 Å². The molecular formula is C67H92N8O4. The summed E-state index contributed by atoms with van der Waals surface area (Å²) in [4.78, 5) is 26.8. The van der Waals surface area contributed by atoms with E-state index in [9.17, 15) is 5.26 Å². The number of rotatable bonds is 27. The van der Waals surface area contributed by atoms with E-state index >= 15 is 0 Å². The number of allylic oxidation sites excluding steroid dienone is 1. The molecule has 2 aliphatic rings. The highest BCUT2D eigenvalue weighted by Gasteiger charge is 2.34. The second kappa shape index (κ2) is 29.8. The topological polar surface area (TPSA) is 136 Å². The largest absolute Gasteiger partial charge is 0.494 e. The van der Waals surface area contributed by atoms with Crippen LogP contribution in [0.1, 0.15) is 156 Å². The SMILES string of the molecule is C=CNC(CN1CCCC1c1ncc(-c2ccc(/C(C)=C/c3cc(-c4cnc(C5CCCN5C(=C)C(NOO)C(C)C)[nH]4)ccc3C)c(CC(c3cccc(OCCCCc4ccccc4)c3)C(C)CC)c2)[nH]1)C(C)C.COC. The molecule has 2 saturated heterocycles. The number of H-pyrrole nitrogens is 2. The number of ether oxygens (including phenoxy) is 2. The molecule has 8 rings (SSSR count). The van der Waals surface area contributed by atoms with Gasteiger partial charge in [-0.2, -0.15) is 5.48 Å². The van der Waals surface area contributed by atoms with E-state index in [1.807, 2.05) is 18.6 Å². The molecule has 12 nitrogen and oxygen atoms in total. The number of likely N-dealkylation sites (tertiary alicyclic amines) is 2. The highest BCUT2D eigenvalue weighted by molar-refractivity contribution is 5.84. The number of hydrogen-bond acceptors (Lipinski definition) is 10. The van der Waals surface area contributed by atoms with Crippen molar-refractivity contribution in [2.24, 2.45) is 17.8 Å². The van der Waals surface area contributed by atoms with E-state index < -0.39 is 0 Å². The van der Waals surface area contributed by atoms with Crippen LogP contribution in [0, 0.1) is 24.7 Å². The molecule has 6 atom stereocenters. The van der Waals surface area contributed by atoms with Gasteiger partial charge in [-0.15, -0.1) is 4.99 Å². The fraction of sp³-hybridized carbons (Fsp3) is 0.463. The van der Waals surface area contributed by atoms with Crippen LogP contribution in [0.2, 0.25) is 0 Å². The first-order chi connectivity index (χ1) is 38.3. The zero-order valence-electron chi connectivity index (χ0n) is 49.2. The molecule has 0 amide bonds. The summed E-state index contributed by atoms with van der Waals surface area (Å²) in [5, 5.41) is 12.8. The predicted molar refractivity (Wildman–Crippen MR) is 325 cm³/mol. The van der Waals surface area contributed by atoms with E-state index in [0.29, 0.717) is 24.5 Å². The second-order valence-electron chi connectivity index (χ2n) is 22.8. The predicted octanol–water partition coefficient (Wildman–Crippen LogP) is 14.9. The number of methoxy groups -OCH3 is 1. The molecule has 4 heterocycles. The number of aromatic amines is 2. The molecule has 12 heteroatoms. The van der Waals surface area contributed by atoms with Gasteiger partial charge in [-0.25, -0.2) is 15.2 Å². The van der Waals surface area contributed by atoms with Crippen molar-refractivity contribution in [1.82, 2.24) is 40.5 Å². The number of aromatic nitrogens is 4. The van der Waals surface area contributed by atoms with Gasteiger partial charge < -0.3 is 29.7 Å². The fourth-order valence-corrected chi connectivity index (χ4v) is 11.6. The molecule has 0 aliphatic carbocycles. The number of benzene rings is 4. The summed E-state index contributed by atoms with van der Waals surface area (Å²) in [6.07, 6.45) is 17.5. The first-order valence-electron chi connectivity index (χ1n) is 29.1. The summed E-state index contributed by atoms with van der Waals surface area (Å²) in [5.41, 5.74) is 16.7. The maximum Gasteiger partial charge on any atom is 0.129 e. The fourth-order valence-electron chi connectivity index (χ4n) is 11.6. The lowest BCUT2D eigenvalue weighted by Gasteiger charge is -2.33. The van der Waals surface area contributed by atoms with E-state index in [-0.39, 0.29) is 30.0 Å². The third-order valence-corrected chi connectivity index (χ3v) is 16.4. The highest BCUT2D eigenvalue weighted by Crippen LogP contribution is 2.40. The van der Waals surface area contributed by atoms with Crippen molar-refractivity contribution in [2.45, 2.75) is 143 Å². The number of unbranched alkanes of at least 4 members (excludes halogenated alkanes) is 1. The summed E-state index contributed by atoms with van der Waals surface area (Å²) in [7, 11) is 3.25. The monoisotopic (exact) mass is 1070 g/mol. The smallest absolute Gasteiger partial charge is 0.129 e. The zero-order chi connectivity index (χ0) is 56.4. The first kappa shape index (κ1) is 60.4. The van der Waals surface area contributed by atoms with Gasteiger partial charge in [0.05, 0.1) is 48.5 Å². The number of imidazole rings is 2. The molecule has 6 aromatic rings. The van der Waals surface area contributed by atoms with Crippen molar-refractivity contribution in [3.8, 4) is 28.3 Å². The van der Waals surface area contributed by atoms with E-state index in [2.05, 4.69) is 206 Å². The Morgan fingerprint density at radius 3 is 2.20 bits per heavy atom. The van der Waals surface area contributed by atoms with Crippen LogP contribution in [0.15, 0.2) is 128 Å². The van der Waals surface area contributed by atoms with Gasteiger partial charge in [0.15, 0.2) is 0 Å². The number of hydrogen-bond donors (Lipinski definition) is 5. The van der Waals surface area contributed by atoms with Gasteiger partial charge in [-0.3, -0.25) is 4.90 Å². The van der Waals surface area contributed by atoms with Crippen molar-refractivity contribution >= 4 is 11.6 Å². The molecular weight excluding hydrogens is 981 g/mol. The van der Waals surface area contributed by atoms with Crippen LogP contribution < -0.4 is 15.5 Å². The number of nitrogens with zero attached hydrogens (tertiary/aromatic N) is 4. The van der Waals surface area contributed by atoms with Gasteiger partial charge in [0.2, 0.25) is 0 Å². The minimum atomic E-state index is -0.233. The molecule has 0 spiro atoms. The minimum absolute atomic E-state index is 0.0500. The Labute approximate surface area is 473 Å². The summed E-state index contributed by atoms with van der Waals surface area (Å²) < 4.78 is 10.7. The number of hydroxylamine groups is 1. The Bertz CT molecular complexity index is 2870. The third-order valence-electron chi connectivity index (χ3n) is 16.4. The van der Waals surface area contributed by atoms with Gasteiger partial charge in [-0.05, 0) is 170 Å². The molecule has 2 aliphatic heterocycles. The van der Waals surface area contributed by atoms with Crippen LogP contribution in [0.5, 0.6) is 5.75 Å². The Morgan fingerprint density at radius 2 is 1.52 bits per heavy atom. The molecule has 0 saturated carbocycles. The number of nitrogens with one attached hydrogen (secondary N) is 4. The molecule has 0 radical (unpaired) electrons. The molecule has 0 bridgehead atoms. The normalized spacial score (nSPS) is 17.4. The van der Waals surface area contributed by atoms with E-state index in [1.165, 1.54) is 39.0 Å². The van der Waals surface area contributed by atoms with Crippen molar-refractivity contribution in [3.63, 3.8) is 0 Å². The molecule has 2 fully saturated rings. The maximum absolute atomic E-state index is 9.27. The van der Waals surface area contributed by atoms with Crippen LogP contribution in [0.3, 0.4) is 0 Å². The second-order valence-corrected chi connectivity index (χ2v) is 22.8. The maximum atomic E-state index is 9.27. The molecule has 5 N–H and O–H groups in total. The van der Waals surface area contributed by atoms with Crippen molar-refractivity contribution < 1.29 is 19.7 Å². The Hall–Kier alpha value is -6.28. The Morgan fingerprint density at radius 1 is 0.835 bits per heavy atom. The molecule has 79 heavy (non-hydrogen) atoms. The third kappa shape index (κ3) is 16.0. The number of aryl methyl sites for hydroxylation is 2.